The molecule has 2 nitrogen and oxygen atoms in total. The molecule has 0 aliphatic rings. The number of carboxylic acid groups (broad SMARTS) is 1. The molecule has 0 saturated carbocycles. The van der Waals surface area contributed by atoms with Crippen molar-refractivity contribution in [3.8, 4) is 0 Å². The van der Waals surface area contributed by atoms with Gasteiger partial charge in [-0.2, -0.15) is 12.6 Å². The molecule has 0 saturated heterocycles. The fraction of sp³-hybridized carbons (Fsp3) is 0.125. The average Bonchev–Trinajstić information content (AvgIpc) is 2.07. The number of benzene rings is 1. The smallest absolute Gasteiger partial charge is 0.313 e. The summed E-state index contributed by atoms with van der Waals surface area (Å²) in [5, 5.41) is 7.65. The molecule has 0 amide bonds. The van der Waals surface area contributed by atoms with Crippen LogP contribution >= 0.6 is 25.3 Å². The third-order valence-corrected chi connectivity index (χ3v) is 1.46. The van der Waals surface area contributed by atoms with E-state index in [2.05, 4.69) is 25.3 Å². The second-order valence-corrected chi connectivity index (χ2v) is 2.72. The summed E-state index contributed by atoms with van der Waals surface area (Å²) >= 11 is 7.50. The summed E-state index contributed by atoms with van der Waals surface area (Å²) in [5.41, 5.74) is 0. The van der Waals surface area contributed by atoms with E-state index in [-0.39, 0.29) is 5.75 Å². The largest absolute Gasteiger partial charge is 0.481 e. The first kappa shape index (κ1) is 11.4. The van der Waals surface area contributed by atoms with Crippen LogP contribution in [0.1, 0.15) is 0 Å². The van der Waals surface area contributed by atoms with Crippen LogP contribution in [0.3, 0.4) is 0 Å². The van der Waals surface area contributed by atoms with Crippen LogP contribution in [0.2, 0.25) is 0 Å². The predicted octanol–water partition coefficient (Wildman–Crippen LogP) is 1.98. The van der Waals surface area contributed by atoms with Gasteiger partial charge < -0.3 is 5.11 Å². The van der Waals surface area contributed by atoms with Gasteiger partial charge in [0.25, 0.3) is 0 Å². The molecule has 4 heteroatoms. The van der Waals surface area contributed by atoms with E-state index in [1.165, 1.54) is 0 Å². The summed E-state index contributed by atoms with van der Waals surface area (Å²) in [6.07, 6.45) is 0. The molecule has 0 heterocycles. The second kappa shape index (κ2) is 7.06. The van der Waals surface area contributed by atoms with Crippen LogP contribution in [-0.4, -0.2) is 16.8 Å². The van der Waals surface area contributed by atoms with Gasteiger partial charge >= 0.3 is 5.97 Å². The maximum atomic E-state index is 9.29. The highest BCUT2D eigenvalue weighted by Crippen LogP contribution is 2.00. The van der Waals surface area contributed by atoms with Crippen LogP contribution in [0, 0.1) is 0 Å². The number of carbonyl (C=O) groups is 1. The van der Waals surface area contributed by atoms with Crippen LogP contribution in [0.15, 0.2) is 35.2 Å². The maximum absolute atomic E-state index is 9.29. The third kappa shape index (κ3) is 7.50. The molecule has 0 bridgehead atoms. The average molecular weight is 202 g/mol. The van der Waals surface area contributed by atoms with Gasteiger partial charge in [-0.3, -0.25) is 4.79 Å². The number of hydrogen-bond acceptors (Lipinski definition) is 3. The molecular formula is C8H10O2S2. The lowest BCUT2D eigenvalue weighted by Gasteiger charge is -1.81. The van der Waals surface area contributed by atoms with Crippen molar-refractivity contribution in [1.29, 1.82) is 0 Å². The Morgan fingerprint density at radius 1 is 1.33 bits per heavy atom. The van der Waals surface area contributed by atoms with Gasteiger partial charge in [0.15, 0.2) is 0 Å². The molecule has 66 valence electrons. The Bertz CT molecular complexity index is 224. The van der Waals surface area contributed by atoms with Crippen molar-refractivity contribution in [3.63, 3.8) is 0 Å². The number of aliphatic carboxylic acids is 1. The van der Waals surface area contributed by atoms with Crippen LogP contribution in [0.5, 0.6) is 0 Å². The zero-order chi connectivity index (χ0) is 9.40. The summed E-state index contributed by atoms with van der Waals surface area (Å²) in [6.45, 7) is 0. The molecule has 0 aromatic heterocycles. The minimum absolute atomic E-state index is 0.0833. The van der Waals surface area contributed by atoms with Gasteiger partial charge in [-0.1, -0.05) is 18.2 Å². The fourth-order valence-corrected chi connectivity index (χ4v) is 0.600. The van der Waals surface area contributed by atoms with Gasteiger partial charge in [0.05, 0.1) is 5.75 Å². The Hall–Kier alpha value is -0.610. The van der Waals surface area contributed by atoms with Crippen molar-refractivity contribution < 1.29 is 9.90 Å². The topological polar surface area (TPSA) is 37.3 Å². The monoisotopic (exact) mass is 202 g/mol. The van der Waals surface area contributed by atoms with Crippen LogP contribution < -0.4 is 0 Å². The molecule has 0 fully saturated rings. The number of hydrogen-bond donors (Lipinski definition) is 3. The van der Waals surface area contributed by atoms with E-state index in [0.29, 0.717) is 0 Å². The van der Waals surface area contributed by atoms with E-state index in [1.54, 1.807) is 0 Å². The summed E-state index contributed by atoms with van der Waals surface area (Å²) in [6, 6.07) is 9.79. The first-order valence-electron chi connectivity index (χ1n) is 3.23. The van der Waals surface area contributed by atoms with Crippen molar-refractivity contribution in [2.24, 2.45) is 0 Å². The molecule has 0 spiro atoms. The normalized spacial score (nSPS) is 8.17. The molecule has 12 heavy (non-hydrogen) atoms. The molecule has 1 N–H and O–H groups in total. The molecular weight excluding hydrogens is 192 g/mol. The second-order valence-electron chi connectivity index (χ2n) is 1.89. The summed E-state index contributed by atoms with van der Waals surface area (Å²) < 4.78 is 0. The number of carboxylic acids is 1. The molecule has 0 unspecified atom stereocenters. The van der Waals surface area contributed by atoms with Crippen molar-refractivity contribution >= 4 is 31.2 Å². The summed E-state index contributed by atoms with van der Waals surface area (Å²) in [5.74, 6) is -0.965. The quantitative estimate of drug-likeness (QED) is 0.609. The first-order chi connectivity index (χ1) is 5.66. The number of rotatable bonds is 1. The van der Waals surface area contributed by atoms with E-state index in [4.69, 9.17) is 5.11 Å². The lowest BCUT2D eigenvalue weighted by atomic mass is 10.4. The standard InChI is InChI=1S/C6H6S.C2H4O2S/c7-6-4-2-1-3-5-6;3-2(4)1-5/h1-5,7H;5H,1H2,(H,3,4). The third-order valence-electron chi connectivity index (χ3n) is 0.891. The van der Waals surface area contributed by atoms with E-state index in [9.17, 15) is 4.79 Å². The zero-order valence-corrected chi connectivity index (χ0v) is 8.13. The Morgan fingerprint density at radius 3 is 1.92 bits per heavy atom. The van der Waals surface area contributed by atoms with Crippen molar-refractivity contribution in [1.82, 2.24) is 0 Å². The van der Waals surface area contributed by atoms with Crippen LogP contribution in [-0.2, 0) is 4.79 Å². The van der Waals surface area contributed by atoms with Gasteiger partial charge in [-0.25, -0.2) is 0 Å². The Kier molecular flexibility index (Phi) is 6.70. The molecule has 0 aliphatic carbocycles. The van der Waals surface area contributed by atoms with E-state index in [1.807, 2.05) is 30.3 Å². The Labute approximate surface area is 82.4 Å². The van der Waals surface area contributed by atoms with E-state index in [0.717, 1.165) is 4.90 Å². The summed E-state index contributed by atoms with van der Waals surface area (Å²) in [7, 11) is 0. The van der Waals surface area contributed by atoms with Gasteiger partial charge in [-0.05, 0) is 12.1 Å². The van der Waals surface area contributed by atoms with E-state index < -0.39 is 5.97 Å². The molecule has 0 atom stereocenters. The van der Waals surface area contributed by atoms with Crippen molar-refractivity contribution in [2.45, 2.75) is 4.90 Å². The summed E-state index contributed by atoms with van der Waals surface area (Å²) in [4.78, 5) is 10.3. The molecule has 0 radical (unpaired) electrons. The molecule has 1 aromatic rings. The van der Waals surface area contributed by atoms with Crippen LogP contribution in [0.4, 0.5) is 0 Å². The fourth-order valence-electron chi connectivity index (χ4n) is 0.428. The predicted molar refractivity (Wildman–Crippen MR) is 55.2 cm³/mol. The highest BCUT2D eigenvalue weighted by Gasteiger charge is 1.81. The highest BCUT2D eigenvalue weighted by molar-refractivity contribution is 7.81. The highest BCUT2D eigenvalue weighted by atomic mass is 32.1. The van der Waals surface area contributed by atoms with Gasteiger partial charge in [-0.15, -0.1) is 12.6 Å². The Balaban J connectivity index is 0.000000217. The molecule has 1 rings (SSSR count). The van der Waals surface area contributed by atoms with Crippen molar-refractivity contribution in [2.75, 3.05) is 5.75 Å². The maximum Gasteiger partial charge on any atom is 0.313 e. The minimum Gasteiger partial charge on any atom is -0.481 e. The number of thiol groups is 2. The SMILES string of the molecule is O=C(O)CS.Sc1ccccc1. The molecule has 0 aliphatic heterocycles. The Morgan fingerprint density at radius 2 is 1.75 bits per heavy atom. The van der Waals surface area contributed by atoms with E-state index >= 15 is 0 Å². The van der Waals surface area contributed by atoms with Gasteiger partial charge in [0, 0.05) is 4.90 Å². The lowest BCUT2D eigenvalue weighted by molar-refractivity contribution is -0.133. The van der Waals surface area contributed by atoms with Crippen molar-refractivity contribution in [3.05, 3.63) is 30.3 Å². The van der Waals surface area contributed by atoms with Crippen LogP contribution in [0.25, 0.3) is 0 Å². The minimum atomic E-state index is -0.881. The lowest BCUT2D eigenvalue weighted by Crippen LogP contribution is -1.92. The zero-order valence-electron chi connectivity index (χ0n) is 6.34. The molecule has 1 aromatic carbocycles. The van der Waals surface area contributed by atoms with Gasteiger partial charge in [0.2, 0.25) is 0 Å². The van der Waals surface area contributed by atoms with Gasteiger partial charge in [0.1, 0.15) is 0 Å². The first-order valence-corrected chi connectivity index (χ1v) is 4.31.